The van der Waals surface area contributed by atoms with Crippen molar-refractivity contribution in [2.75, 3.05) is 5.73 Å². The average molecular weight is 263 g/mol. The molecule has 0 spiro atoms. The maximum atomic E-state index is 13.3. The van der Waals surface area contributed by atoms with E-state index in [1.165, 1.54) is 17.8 Å². The second kappa shape index (κ2) is 4.94. The maximum Gasteiger partial charge on any atom is 0.192 e. The monoisotopic (exact) mass is 263 g/mol. The molecule has 0 amide bonds. The van der Waals surface area contributed by atoms with Crippen LogP contribution in [0.2, 0.25) is 0 Å². The lowest BCUT2D eigenvalue weighted by molar-refractivity contribution is 0.629. The van der Waals surface area contributed by atoms with Crippen molar-refractivity contribution in [2.45, 2.75) is 30.8 Å². The molecule has 0 aliphatic rings. The smallest absolute Gasteiger partial charge is 0.192 e. The predicted octanol–water partition coefficient (Wildman–Crippen LogP) is 3.27. The molecule has 5 heteroatoms. The molecule has 0 atom stereocenters. The van der Waals surface area contributed by atoms with Crippen LogP contribution in [0.3, 0.4) is 0 Å². The van der Waals surface area contributed by atoms with Gasteiger partial charge in [-0.3, -0.25) is 0 Å². The van der Waals surface area contributed by atoms with Crippen LogP contribution in [0.15, 0.2) is 28.3 Å². The van der Waals surface area contributed by atoms with E-state index < -0.39 is 5.82 Å². The first kappa shape index (κ1) is 12.8. The van der Waals surface area contributed by atoms with Crippen LogP contribution < -0.4 is 5.73 Å². The molecule has 0 saturated heterocycles. The molecule has 94 valence electrons. The van der Waals surface area contributed by atoms with Crippen molar-refractivity contribution in [1.29, 1.82) is 0 Å². The topological polar surface area (TPSA) is 51.8 Å². The molecule has 0 unspecified atom stereocenters. The number of halogens is 1. The summed E-state index contributed by atoms with van der Waals surface area (Å²) in [4.78, 5) is 9.38. The summed E-state index contributed by atoms with van der Waals surface area (Å²) in [5.74, 6) is -0.416. The van der Waals surface area contributed by atoms with E-state index in [-0.39, 0.29) is 5.69 Å². The van der Waals surface area contributed by atoms with E-state index in [9.17, 15) is 4.39 Å². The Morgan fingerprint density at radius 1 is 1.11 bits per heavy atom. The van der Waals surface area contributed by atoms with Gasteiger partial charge in [-0.15, -0.1) is 0 Å². The summed E-state index contributed by atoms with van der Waals surface area (Å²) in [5.41, 5.74) is 8.76. The first-order chi connectivity index (χ1) is 8.49. The van der Waals surface area contributed by atoms with E-state index in [2.05, 4.69) is 9.97 Å². The van der Waals surface area contributed by atoms with Gasteiger partial charge in [0.15, 0.2) is 5.16 Å². The Kier molecular flexibility index (Phi) is 3.52. The number of nitrogens with two attached hydrogens (primary N) is 1. The molecule has 2 rings (SSSR count). The Morgan fingerprint density at radius 2 is 1.72 bits per heavy atom. The maximum absolute atomic E-state index is 13.3. The largest absolute Gasteiger partial charge is 0.395 e. The van der Waals surface area contributed by atoms with Crippen molar-refractivity contribution >= 4 is 17.4 Å². The van der Waals surface area contributed by atoms with Gasteiger partial charge in [-0.25, -0.2) is 14.4 Å². The minimum atomic E-state index is -0.416. The molecule has 3 nitrogen and oxygen atoms in total. The standard InChI is InChI=1S/C13H14FN3S/c1-7-8(2)16-13(17-9(7)3)18-11-6-4-5-10(14)12(11)15/h4-6H,15H2,1-3H3. The lowest BCUT2D eigenvalue weighted by Crippen LogP contribution is -1.99. The minimum Gasteiger partial charge on any atom is -0.395 e. The second-order valence-corrected chi connectivity index (χ2v) is 5.06. The summed E-state index contributed by atoms with van der Waals surface area (Å²) in [5, 5.41) is 0.591. The van der Waals surface area contributed by atoms with Crippen molar-refractivity contribution in [3.63, 3.8) is 0 Å². The molecule has 1 aromatic carbocycles. The van der Waals surface area contributed by atoms with E-state index in [4.69, 9.17) is 5.73 Å². The van der Waals surface area contributed by atoms with Gasteiger partial charge in [-0.2, -0.15) is 0 Å². The summed E-state index contributed by atoms with van der Waals surface area (Å²) in [6, 6.07) is 4.73. The number of nitrogen functional groups attached to an aromatic ring is 1. The highest BCUT2D eigenvalue weighted by atomic mass is 32.2. The highest BCUT2D eigenvalue weighted by molar-refractivity contribution is 7.99. The van der Waals surface area contributed by atoms with Gasteiger partial charge in [-0.05, 0) is 50.2 Å². The molecule has 0 aliphatic heterocycles. The molecule has 0 aliphatic carbocycles. The van der Waals surface area contributed by atoms with Gasteiger partial charge in [0.25, 0.3) is 0 Å². The molecule has 0 fully saturated rings. The van der Waals surface area contributed by atoms with E-state index in [1.807, 2.05) is 20.8 Å². The van der Waals surface area contributed by atoms with Crippen LogP contribution in [-0.4, -0.2) is 9.97 Å². The third-order valence-electron chi connectivity index (χ3n) is 2.83. The van der Waals surface area contributed by atoms with Crippen LogP contribution in [0.1, 0.15) is 17.0 Å². The number of para-hydroxylation sites is 1. The zero-order valence-corrected chi connectivity index (χ0v) is 11.3. The Hall–Kier alpha value is -1.62. The van der Waals surface area contributed by atoms with Gasteiger partial charge in [0, 0.05) is 16.3 Å². The number of anilines is 1. The number of nitrogens with zero attached hydrogens (tertiary/aromatic N) is 2. The zero-order chi connectivity index (χ0) is 13.3. The third-order valence-corrected chi connectivity index (χ3v) is 3.77. The first-order valence-electron chi connectivity index (χ1n) is 5.52. The van der Waals surface area contributed by atoms with E-state index >= 15 is 0 Å². The first-order valence-corrected chi connectivity index (χ1v) is 6.34. The van der Waals surface area contributed by atoms with Gasteiger partial charge in [0.1, 0.15) is 5.82 Å². The van der Waals surface area contributed by atoms with Crippen LogP contribution >= 0.6 is 11.8 Å². The van der Waals surface area contributed by atoms with Crippen molar-refractivity contribution < 1.29 is 4.39 Å². The van der Waals surface area contributed by atoms with Crippen molar-refractivity contribution in [1.82, 2.24) is 9.97 Å². The van der Waals surface area contributed by atoms with Crippen LogP contribution in [0.4, 0.5) is 10.1 Å². The fourth-order valence-electron chi connectivity index (χ4n) is 1.49. The lowest BCUT2D eigenvalue weighted by Gasteiger charge is -2.08. The fourth-order valence-corrected chi connectivity index (χ4v) is 2.41. The SMILES string of the molecule is Cc1nc(Sc2cccc(F)c2N)nc(C)c1C. The molecular weight excluding hydrogens is 249 g/mol. The van der Waals surface area contributed by atoms with E-state index in [0.29, 0.717) is 10.1 Å². The Balaban J connectivity index is 2.37. The van der Waals surface area contributed by atoms with Crippen LogP contribution in [0.25, 0.3) is 0 Å². The Bertz CT molecular complexity index is 576. The highest BCUT2D eigenvalue weighted by Gasteiger charge is 2.10. The average Bonchev–Trinajstić information content (AvgIpc) is 2.32. The summed E-state index contributed by atoms with van der Waals surface area (Å²) in [7, 11) is 0. The second-order valence-electron chi connectivity index (χ2n) is 4.06. The van der Waals surface area contributed by atoms with Crippen LogP contribution in [-0.2, 0) is 0 Å². The van der Waals surface area contributed by atoms with Gasteiger partial charge in [-0.1, -0.05) is 6.07 Å². The number of benzene rings is 1. The number of hydrogen-bond donors (Lipinski definition) is 1. The number of rotatable bonds is 2. The fraction of sp³-hybridized carbons (Fsp3) is 0.231. The summed E-state index contributed by atoms with van der Waals surface area (Å²) >= 11 is 1.28. The Morgan fingerprint density at radius 3 is 2.33 bits per heavy atom. The minimum absolute atomic E-state index is 0.141. The highest BCUT2D eigenvalue weighted by Crippen LogP contribution is 2.31. The predicted molar refractivity (Wildman–Crippen MR) is 71.2 cm³/mol. The third kappa shape index (κ3) is 2.46. The summed E-state index contributed by atoms with van der Waals surface area (Å²) in [6.07, 6.45) is 0. The number of aryl methyl sites for hydroxylation is 2. The molecule has 1 aromatic heterocycles. The molecule has 0 saturated carbocycles. The Labute approximate surface area is 110 Å². The van der Waals surface area contributed by atoms with Gasteiger partial charge in [0.2, 0.25) is 0 Å². The molecule has 0 bridgehead atoms. The number of hydrogen-bond acceptors (Lipinski definition) is 4. The molecule has 2 N–H and O–H groups in total. The van der Waals surface area contributed by atoms with Crippen molar-refractivity contribution in [3.8, 4) is 0 Å². The molecular formula is C13H14FN3S. The van der Waals surface area contributed by atoms with E-state index in [1.54, 1.807) is 12.1 Å². The summed E-state index contributed by atoms with van der Waals surface area (Å²) < 4.78 is 13.3. The number of aromatic nitrogens is 2. The van der Waals surface area contributed by atoms with Crippen molar-refractivity contribution in [2.24, 2.45) is 0 Å². The molecule has 1 heterocycles. The molecule has 2 aromatic rings. The van der Waals surface area contributed by atoms with E-state index in [0.717, 1.165) is 17.0 Å². The zero-order valence-electron chi connectivity index (χ0n) is 10.5. The summed E-state index contributed by atoms with van der Waals surface area (Å²) in [6.45, 7) is 5.85. The lowest BCUT2D eigenvalue weighted by atomic mass is 10.2. The molecule has 18 heavy (non-hydrogen) atoms. The van der Waals surface area contributed by atoms with Crippen LogP contribution in [0.5, 0.6) is 0 Å². The van der Waals surface area contributed by atoms with Crippen molar-refractivity contribution in [3.05, 3.63) is 41.0 Å². The van der Waals surface area contributed by atoms with Gasteiger partial charge < -0.3 is 5.73 Å². The van der Waals surface area contributed by atoms with Crippen LogP contribution in [0, 0.1) is 26.6 Å². The van der Waals surface area contributed by atoms with Gasteiger partial charge in [0.05, 0.1) is 5.69 Å². The normalized spacial score (nSPS) is 10.7. The molecule has 0 radical (unpaired) electrons. The van der Waals surface area contributed by atoms with Gasteiger partial charge >= 0.3 is 0 Å². The quantitative estimate of drug-likeness (QED) is 0.667.